The number of rotatable bonds is 5. The van der Waals surface area contributed by atoms with Crippen molar-refractivity contribution in [3.8, 4) is 0 Å². The van der Waals surface area contributed by atoms with Crippen LogP contribution < -0.4 is 5.32 Å². The molecule has 1 saturated heterocycles. The number of aryl methyl sites for hydroxylation is 1. The van der Waals surface area contributed by atoms with Crippen LogP contribution in [0, 0.1) is 6.92 Å². The molecular weight excluding hydrogens is 344 g/mol. The molecule has 0 saturated carbocycles. The van der Waals surface area contributed by atoms with Crippen molar-refractivity contribution in [1.29, 1.82) is 0 Å². The minimum atomic E-state index is -0.178. The molecule has 1 amide bonds. The lowest BCUT2D eigenvalue weighted by Crippen LogP contribution is -2.44. The van der Waals surface area contributed by atoms with E-state index in [2.05, 4.69) is 22.4 Å². The second-order valence-electron chi connectivity index (χ2n) is 5.56. The molecule has 1 aliphatic rings. The minimum absolute atomic E-state index is 0.131. The first-order valence-corrected chi connectivity index (χ1v) is 9.52. The van der Waals surface area contributed by atoms with Gasteiger partial charge >= 0.3 is 0 Å². The number of benzene rings is 1. The van der Waals surface area contributed by atoms with Gasteiger partial charge in [0.2, 0.25) is 11.0 Å². The maximum Gasteiger partial charge on any atom is 0.236 e. The fourth-order valence-electron chi connectivity index (χ4n) is 2.31. The van der Waals surface area contributed by atoms with Crippen molar-refractivity contribution in [2.75, 3.05) is 31.6 Å². The number of ether oxygens (including phenoxy) is 1. The largest absolute Gasteiger partial charge is 0.378 e. The third kappa shape index (κ3) is 4.46. The molecule has 3 rings (SSSR count). The SMILES string of the molecule is Cc1ccc(Nc2nnc(SC(C)C(=O)N3CCOCC3)s2)cc1. The molecule has 24 heavy (non-hydrogen) atoms. The number of anilines is 2. The summed E-state index contributed by atoms with van der Waals surface area (Å²) in [5.74, 6) is 0.131. The first-order valence-electron chi connectivity index (χ1n) is 7.82. The van der Waals surface area contributed by atoms with Crippen molar-refractivity contribution in [1.82, 2.24) is 15.1 Å². The molecule has 1 N–H and O–H groups in total. The van der Waals surface area contributed by atoms with Crippen molar-refractivity contribution in [3.05, 3.63) is 29.8 Å². The number of hydrogen-bond acceptors (Lipinski definition) is 7. The summed E-state index contributed by atoms with van der Waals surface area (Å²) in [6, 6.07) is 8.10. The van der Waals surface area contributed by atoms with Gasteiger partial charge in [0.05, 0.1) is 18.5 Å². The second-order valence-corrected chi connectivity index (χ2v) is 8.13. The molecule has 0 spiro atoms. The van der Waals surface area contributed by atoms with E-state index < -0.39 is 0 Å². The molecule has 6 nitrogen and oxygen atoms in total. The van der Waals surface area contributed by atoms with Crippen LogP contribution in [0.3, 0.4) is 0 Å². The van der Waals surface area contributed by atoms with Gasteiger partial charge in [0.25, 0.3) is 0 Å². The Hall–Kier alpha value is -1.64. The summed E-state index contributed by atoms with van der Waals surface area (Å²) in [6.45, 7) is 6.53. The number of nitrogens with one attached hydrogen (secondary N) is 1. The zero-order valence-corrected chi connectivity index (χ0v) is 15.3. The van der Waals surface area contributed by atoms with Gasteiger partial charge in [-0.05, 0) is 26.0 Å². The van der Waals surface area contributed by atoms with E-state index in [0.717, 1.165) is 15.2 Å². The van der Waals surface area contributed by atoms with E-state index in [4.69, 9.17) is 4.74 Å². The van der Waals surface area contributed by atoms with E-state index in [1.807, 2.05) is 36.1 Å². The van der Waals surface area contributed by atoms with Gasteiger partial charge in [0, 0.05) is 18.8 Å². The summed E-state index contributed by atoms with van der Waals surface area (Å²) in [4.78, 5) is 14.3. The van der Waals surface area contributed by atoms with E-state index in [0.29, 0.717) is 26.3 Å². The third-order valence-electron chi connectivity index (χ3n) is 3.66. The van der Waals surface area contributed by atoms with E-state index in [9.17, 15) is 4.79 Å². The molecular formula is C16H20N4O2S2. The minimum Gasteiger partial charge on any atom is -0.378 e. The van der Waals surface area contributed by atoms with E-state index in [-0.39, 0.29) is 11.2 Å². The van der Waals surface area contributed by atoms with Gasteiger partial charge in [-0.15, -0.1) is 10.2 Å². The second kappa shape index (κ2) is 7.96. The van der Waals surface area contributed by atoms with Crippen LogP contribution in [-0.4, -0.2) is 52.6 Å². The van der Waals surface area contributed by atoms with Gasteiger partial charge in [-0.2, -0.15) is 0 Å². The van der Waals surface area contributed by atoms with Gasteiger partial charge in [-0.3, -0.25) is 4.79 Å². The lowest BCUT2D eigenvalue weighted by Gasteiger charge is -2.28. The zero-order chi connectivity index (χ0) is 16.9. The third-order valence-corrected chi connectivity index (χ3v) is 5.67. The maximum absolute atomic E-state index is 12.4. The van der Waals surface area contributed by atoms with Crippen LogP contribution in [0.2, 0.25) is 0 Å². The lowest BCUT2D eigenvalue weighted by molar-refractivity contribution is -0.134. The van der Waals surface area contributed by atoms with Crippen LogP contribution in [0.25, 0.3) is 0 Å². The Morgan fingerprint density at radius 3 is 2.71 bits per heavy atom. The number of hydrogen-bond donors (Lipinski definition) is 1. The number of carbonyl (C=O) groups is 1. The zero-order valence-electron chi connectivity index (χ0n) is 13.7. The van der Waals surface area contributed by atoms with Gasteiger partial charge in [-0.25, -0.2) is 0 Å². The number of nitrogens with zero attached hydrogens (tertiary/aromatic N) is 3. The molecule has 128 valence electrons. The van der Waals surface area contributed by atoms with Gasteiger partial charge < -0.3 is 15.0 Å². The predicted octanol–water partition coefficient (Wildman–Crippen LogP) is 2.93. The van der Waals surface area contributed by atoms with Gasteiger partial charge in [-0.1, -0.05) is 40.8 Å². The highest BCUT2D eigenvalue weighted by molar-refractivity contribution is 8.02. The summed E-state index contributed by atoms with van der Waals surface area (Å²) >= 11 is 2.91. The molecule has 0 bridgehead atoms. The van der Waals surface area contributed by atoms with Crippen molar-refractivity contribution in [2.45, 2.75) is 23.4 Å². The molecule has 0 aliphatic carbocycles. The number of thioether (sulfide) groups is 1. The van der Waals surface area contributed by atoms with Crippen LogP contribution in [0.4, 0.5) is 10.8 Å². The van der Waals surface area contributed by atoms with Crippen LogP contribution in [0.1, 0.15) is 12.5 Å². The molecule has 1 fully saturated rings. The fraction of sp³-hybridized carbons (Fsp3) is 0.438. The highest BCUT2D eigenvalue weighted by atomic mass is 32.2. The molecule has 8 heteroatoms. The smallest absolute Gasteiger partial charge is 0.236 e. The summed E-state index contributed by atoms with van der Waals surface area (Å²) in [5.41, 5.74) is 2.19. The summed E-state index contributed by atoms with van der Waals surface area (Å²) in [5, 5.41) is 12.1. The summed E-state index contributed by atoms with van der Waals surface area (Å²) < 4.78 is 6.08. The van der Waals surface area contributed by atoms with Crippen molar-refractivity contribution < 1.29 is 9.53 Å². The Morgan fingerprint density at radius 2 is 2.00 bits per heavy atom. The first-order chi connectivity index (χ1) is 11.6. The topological polar surface area (TPSA) is 67.4 Å². The molecule has 0 radical (unpaired) electrons. The maximum atomic E-state index is 12.4. The van der Waals surface area contributed by atoms with Crippen molar-refractivity contribution in [3.63, 3.8) is 0 Å². The quantitative estimate of drug-likeness (QED) is 0.823. The molecule has 1 aliphatic heterocycles. The van der Waals surface area contributed by atoms with Gasteiger partial charge in [0.15, 0.2) is 4.34 Å². The lowest BCUT2D eigenvalue weighted by atomic mass is 10.2. The summed E-state index contributed by atoms with van der Waals surface area (Å²) in [6.07, 6.45) is 0. The van der Waals surface area contributed by atoms with Gasteiger partial charge in [0.1, 0.15) is 0 Å². The van der Waals surface area contributed by atoms with Crippen LogP contribution in [0.5, 0.6) is 0 Å². The fourth-order valence-corrected chi connectivity index (χ4v) is 4.31. The first kappa shape index (κ1) is 17.2. The van der Waals surface area contributed by atoms with Crippen molar-refractivity contribution >= 4 is 39.8 Å². The van der Waals surface area contributed by atoms with Crippen LogP contribution >= 0.6 is 23.1 Å². The Balaban J connectivity index is 1.56. The average Bonchev–Trinajstić information content (AvgIpc) is 3.04. The number of aromatic nitrogens is 2. The van der Waals surface area contributed by atoms with Crippen LogP contribution in [0.15, 0.2) is 28.6 Å². The molecule has 1 atom stereocenters. The van der Waals surface area contributed by atoms with E-state index in [1.165, 1.54) is 28.7 Å². The standard InChI is InChI=1S/C16H20N4O2S2/c1-11-3-5-13(6-4-11)17-15-18-19-16(24-15)23-12(2)14(21)20-7-9-22-10-8-20/h3-6,12H,7-10H2,1-2H3,(H,17,18). The van der Waals surface area contributed by atoms with Crippen LogP contribution in [-0.2, 0) is 9.53 Å². The Kier molecular flexibility index (Phi) is 5.70. The average molecular weight is 364 g/mol. The highest BCUT2D eigenvalue weighted by Crippen LogP contribution is 2.31. The molecule has 1 aromatic heterocycles. The monoisotopic (exact) mass is 364 g/mol. The number of morpholine rings is 1. The Labute approximate surface area is 149 Å². The molecule has 2 aromatic rings. The summed E-state index contributed by atoms with van der Waals surface area (Å²) in [7, 11) is 0. The van der Waals surface area contributed by atoms with Crippen molar-refractivity contribution in [2.24, 2.45) is 0 Å². The number of carbonyl (C=O) groups excluding carboxylic acids is 1. The normalized spacial score (nSPS) is 16.0. The highest BCUT2D eigenvalue weighted by Gasteiger charge is 2.24. The van der Waals surface area contributed by atoms with E-state index in [1.54, 1.807) is 0 Å². The van der Waals surface area contributed by atoms with E-state index >= 15 is 0 Å². The molecule has 1 aromatic carbocycles. The Morgan fingerprint density at radius 1 is 1.29 bits per heavy atom. The predicted molar refractivity (Wildman–Crippen MR) is 97.1 cm³/mol. The number of amides is 1. The molecule has 1 unspecified atom stereocenters. The Bertz CT molecular complexity index is 684. The molecule has 2 heterocycles.